The maximum Gasteiger partial charge on any atom is 0.218 e. The second kappa shape index (κ2) is 4.80. The van der Waals surface area contributed by atoms with Crippen LogP contribution >= 0.6 is 0 Å². The monoisotopic (exact) mass is 245 g/mol. The Hall–Kier alpha value is -2.48. The molecule has 1 heterocycles. The number of nitriles is 1. The summed E-state index contributed by atoms with van der Waals surface area (Å²) in [7, 11) is 1.48. The summed E-state index contributed by atoms with van der Waals surface area (Å²) >= 11 is 0. The van der Waals surface area contributed by atoms with E-state index in [1.54, 1.807) is 16.7 Å². The standard InChI is InChI=1S/C13H12FN3O/c1-18-13-12(16)6-11(7-15)17(13)8-9-3-2-4-10(14)5-9/h2-6H,8,16H2,1H3. The predicted molar refractivity (Wildman–Crippen MR) is 65.6 cm³/mol. The molecule has 0 radical (unpaired) electrons. The van der Waals surface area contributed by atoms with E-state index in [0.717, 1.165) is 5.56 Å². The number of hydrogen-bond acceptors (Lipinski definition) is 3. The average Bonchev–Trinajstić information content (AvgIpc) is 2.65. The Bertz CT molecular complexity index is 613. The molecule has 92 valence electrons. The fraction of sp³-hybridized carbons (Fsp3) is 0.154. The van der Waals surface area contributed by atoms with Crippen molar-refractivity contribution in [3.05, 3.63) is 47.4 Å². The highest BCUT2D eigenvalue weighted by molar-refractivity contribution is 5.55. The van der Waals surface area contributed by atoms with Crippen LogP contribution < -0.4 is 10.5 Å². The van der Waals surface area contributed by atoms with Crippen LogP contribution in [0.4, 0.5) is 10.1 Å². The van der Waals surface area contributed by atoms with Crippen LogP contribution in [0, 0.1) is 17.1 Å². The number of benzene rings is 1. The first-order valence-corrected chi connectivity index (χ1v) is 5.33. The van der Waals surface area contributed by atoms with Crippen molar-refractivity contribution in [2.45, 2.75) is 6.54 Å². The van der Waals surface area contributed by atoms with E-state index < -0.39 is 0 Å². The Morgan fingerprint density at radius 2 is 2.22 bits per heavy atom. The first kappa shape index (κ1) is 12.0. The van der Waals surface area contributed by atoms with E-state index in [9.17, 15) is 4.39 Å². The number of halogens is 1. The van der Waals surface area contributed by atoms with Crippen molar-refractivity contribution >= 4 is 5.69 Å². The predicted octanol–water partition coefficient (Wildman–Crippen LogP) is 2.14. The topological polar surface area (TPSA) is 64.0 Å². The Morgan fingerprint density at radius 3 is 2.83 bits per heavy atom. The van der Waals surface area contributed by atoms with Crippen LogP contribution in [-0.2, 0) is 6.54 Å². The first-order valence-electron chi connectivity index (χ1n) is 5.33. The second-order valence-corrected chi connectivity index (χ2v) is 3.82. The van der Waals surface area contributed by atoms with Crippen LogP contribution in [0.15, 0.2) is 30.3 Å². The molecule has 5 heteroatoms. The minimum atomic E-state index is -0.315. The molecule has 1 aromatic carbocycles. The minimum absolute atomic E-state index is 0.315. The summed E-state index contributed by atoms with van der Waals surface area (Å²) in [5.74, 6) is 0.0981. The number of hydrogen-bond donors (Lipinski definition) is 1. The maximum atomic E-state index is 13.1. The van der Waals surface area contributed by atoms with Gasteiger partial charge in [0.2, 0.25) is 5.88 Å². The molecule has 0 aliphatic carbocycles. The van der Waals surface area contributed by atoms with Gasteiger partial charge in [-0.3, -0.25) is 4.57 Å². The zero-order valence-corrected chi connectivity index (χ0v) is 9.85. The van der Waals surface area contributed by atoms with E-state index >= 15 is 0 Å². The van der Waals surface area contributed by atoms with Gasteiger partial charge in [0.15, 0.2) is 0 Å². The molecule has 0 aliphatic rings. The van der Waals surface area contributed by atoms with Gasteiger partial charge < -0.3 is 10.5 Å². The highest BCUT2D eigenvalue weighted by Crippen LogP contribution is 2.27. The molecular formula is C13H12FN3O. The number of anilines is 1. The van der Waals surface area contributed by atoms with Gasteiger partial charge in [0.25, 0.3) is 0 Å². The summed E-state index contributed by atoms with van der Waals surface area (Å²) in [5, 5.41) is 9.03. The number of rotatable bonds is 3. The van der Waals surface area contributed by atoms with Gasteiger partial charge in [0.05, 0.1) is 19.3 Å². The van der Waals surface area contributed by atoms with Gasteiger partial charge in [-0.25, -0.2) is 4.39 Å². The maximum absolute atomic E-state index is 13.1. The quantitative estimate of drug-likeness (QED) is 0.901. The van der Waals surface area contributed by atoms with Gasteiger partial charge in [-0.1, -0.05) is 12.1 Å². The van der Waals surface area contributed by atoms with E-state index in [0.29, 0.717) is 23.8 Å². The fourth-order valence-corrected chi connectivity index (χ4v) is 1.85. The van der Waals surface area contributed by atoms with Gasteiger partial charge in [0.1, 0.15) is 17.6 Å². The van der Waals surface area contributed by atoms with Crippen LogP contribution in [0.25, 0.3) is 0 Å². The van der Waals surface area contributed by atoms with E-state index in [1.165, 1.54) is 25.3 Å². The van der Waals surface area contributed by atoms with E-state index in [4.69, 9.17) is 15.7 Å². The molecule has 4 nitrogen and oxygen atoms in total. The van der Waals surface area contributed by atoms with Crippen molar-refractivity contribution in [2.75, 3.05) is 12.8 Å². The zero-order chi connectivity index (χ0) is 13.1. The average molecular weight is 245 g/mol. The highest BCUT2D eigenvalue weighted by Gasteiger charge is 2.13. The van der Waals surface area contributed by atoms with Gasteiger partial charge in [-0.05, 0) is 17.7 Å². The zero-order valence-electron chi connectivity index (χ0n) is 9.85. The molecule has 2 rings (SSSR count). The van der Waals surface area contributed by atoms with E-state index in [-0.39, 0.29) is 5.82 Å². The molecule has 0 saturated heterocycles. The second-order valence-electron chi connectivity index (χ2n) is 3.82. The number of aromatic nitrogens is 1. The third-order valence-electron chi connectivity index (χ3n) is 2.61. The van der Waals surface area contributed by atoms with Gasteiger partial charge >= 0.3 is 0 Å². The van der Waals surface area contributed by atoms with Crippen LogP contribution in [-0.4, -0.2) is 11.7 Å². The minimum Gasteiger partial charge on any atom is -0.481 e. The Kier molecular flexibility index (Phi) is 3.20. The molecular weight excluding hydrogens is 233 g/mol. The van der Waals surface area contributed by atoms with Crippen LogP contribution in [0.1, 0.15) is 11.3 Å². The van der Waals surface area contributed by atoms with Crippen molar-refractivity contribution in [1.29, 1.82) is 5.26 Å². The van der Waals surface area contributed by atoms with Crippen LogP contribution in [0.5, 0.6) is 5.88 Å². The lowest BCUT2D eigenvalue weighted by Gasteiger charge is -2.10. The fourth-order valence-electron chi connectivity index (χ4n) is 1.85. The largest absolute Gasteiger partial charge is 0.481 e. The molecule has 18 heavy (non-hydrogen) atoms. The van der Waals surface area contributed by atoms with Crippen molar-refractivity contribution in [2.24, 2.45) is 0 Å². The SMILES string of the molecule is COc1c(N)cc(C#N)n1Cc1cccc(F)c1. The molecule has 0 unspecified atom stereocenters. The first-order chi connectivity index (χ1) is 8.65. The smallest absolute Gasteiger partial charge is 0.218 e. The van der Waals surface area contributed by atoms with E-state index in [1.807, 2.05) is 6.07 Å². The summed E-state index contributed by atoms with van der Waals surface area (Å²) in [6.07, 6.45) is 0. The molecule has 0 spiro atoms. The number of nitrogen functional groups attached to an aromatic ring is 1. The van der Waals surface area contributed by atoms with Crippen molar-refractivity contribution in [3.63, 3.8) is 0 Å². The summed E-state index contributed by atoms with van der Waals surface area (Å²) in [6.45, 7) is 0.334. The van der Waals surface area contributed by atoms with Crippen molar-refractivity contribution in [3.8, 4) is 11.9 Å². The lowest BCUT2D eigenvalue weighted by Crippen LogP contribution is -2.05. The highest BCUT2D eigenvalue weighted by atomic mass is 19.1. The molecule has 0 fully saturated rings. The molecule has 0 bridgehead atoms. The van der Waals surface area contributed by atoms with Gasteiger partial charge in [0, 0.05) is 6.07 Å². The van der Waals surface area contributed by atoms with Crippen molar-refractivity contribution < 1.29 is 9.13 Å². The third-order valence-corrected chi connectivity index (χ3v) is 2.61. The lowest BCUT2D eigenvalue weighted by molar-refractivity contribution is 0.378. The van der Waals surface area contributed by atoms with E-state index in [2.05, 4.69) is 0 Å². The molecule has 2 N–H and O–H groups in total. The van der Waals surface area contributed by atoms with Crippen LogP contribution in [0.2, 0.25) is 0 Å². The number of methoxy groups -OCH3 is 1. The molecule has 0 atom stereocenters. The Labute approximate surface area is 104 Å². The summed E-state index contributed by atoms with van der Waals surface area (Å²) in [4.78, 5) is 0. The Morgan fingerprint density at radius 1 is 1.44 bits per heavy atom. The molecule has 0 saturated carbocycles. The normalized spacial score (nSPS) is 10.1. The summed E-state index contributed by atoms with van der Waals surface area (Å²) < 4.78 is 19.9. The molecule has 1 aromatic heterocycles. The summed E-state index contributed by atoms with van der Waals surface area (Å²) in [5.41, 5.74) is 7.25. The number of ether oxygens (including phenoxy) is 1. The number of nitrogens with two attached hydrogens (primary N) is 1. The Balaban J connectivity index is 2.42. The molecule has 0 amide bonds. The molecule has 0 aliphatic heterocycles. The third kappa shape index (κ3) is 2.13. The summed E-state index contributed by atoms with van der Waals surface area (Å²) in [6, 6.07) is 9.76. The molecule has 2 aromatic rings. The number of nitrogens with zero attached hydrogens (tertiary/aromatic N) is 2. The van der Waals surface area contributed by atoms with Crippen molar-refractivity contribution in [1.82, 2.24) is 4.57 Å². The lowest BCUT2D eigenvalue weighted by atomic mass is 10.2. The van der Waals surface area contributed by atoms with Gasteiger partial charge in [-0.2, -0.15) is 5.26 Å². The van der Waals surface area contributed by atoms with Gasteiger partial charge in [-0.15, -0.1) is 0 Å². The van der Waals surface area contributed by atoms with Crippen LogP contribution in [0.3, 0.4) is 0 Å².